The maximum absolute atomic E-state index is 12.0. The van der Waals surface area contributed by atoms with Crippen LogP contribution in [0, 0.1) is 0 Å². The summed E-state index contributed by atoms with van der Waals surface area (Å²) in [5.41, 5.74) is 0. The lowest BCUT2D eigenvalue weighted by atomic mass is 10.3. The topological polar surface area (TPSA) is 12.5 Å². The van der Waals surface area contributed by atoms with E-state index >= 15 is 0 Å². The molecule has 0 N–H and O–H groups in total. The zero-order valence-electron chi connectivity index (χ0n) is 9.44. The minimum absolute atomic E-state index is 0.222. The molecule has 1 aromatic carbocycles. The first-order valence-corrected chi connectivity index (χ1v) is 5.88. The highest BCUT2D eigenvalue weighted by Gasteiger charge is 2.23. The van der Waals surface area contributed by atoms with Crippen molar-refractivity contribution in [2.45, 2.75) is 18.9 Å². The van der Waals surface area contributed by atoms with Gasteiger partial charge in [0.25, 0.3) is 0 Å². The largest absolute Gasteiger partial charge is 0.489 e. The lowest BCUT2D eigenvalue weighted by Gasteiger charge is -2.16. The van der Waals surface area contributed by atoms with Gasteiger partial charge in [0, 0.05) is 19.6 Å². The molecule has 88 valence electrons. The molecule has 0 bridgehead atoms. The molecule has 0 spiro atoms. The summed E-state index contributed by atoms with van der Waals surface area (Å²) < 4.78 is 17.9. The van der Waals surface area contributed by atoms with Crippen LogP contribution in [0.4, 0.5) is 4.39 Å². The highest BCUT2D eigenvalue weighted by Crippen LogP contribution is 2.17. The van der Waals surface area contributed by atoms with E-state index in [1.807, 2.05) is 30.3 Å². The Labute approximate surface area is 96.0 Å². The fraction of sp³-hybridized carbons (Fsp3) is 0.538. The molecule has 1 aromatic rings. The maximum atomic E-state index is 12.0. The molecular formula is C13H18FNO. The number of likely N-dealkylation sites (tertiary alicyclic amines) is 1. The molecule has 0 amide bonds. The summed E-state index contributed by atoms with van der Waals surface area (Å²) in [6.45, 7) is 2.58. The molecule has 1 heterocycles. The van der Waals surface area contributed by atoms with Crippen LogP contribution >= 0.6 is 0 Å². The van der Waals surface area contributed by atoms with E-state index in [4.69, 9.17) is 4.74 Å². The first-order chi connectivity index (χ1) is 7.88. The molecule has 1 atom stereocenters. The third-order valence-corrected chi connectivity index (χ3v) is 2.88. The van der Waals surface area contributed by atoms with Crippen LogP contribution in [0.2, 0.25) is 0 Å². The summed E-state index contributed by atoms with van der Waals surface area (Å²) in [5, 5.41) is 0. The van der Waals surface area contributed by atoms with Crippen molar-refractivity contribution in [3.8, 4) is 5.75 Å². The van der Waals surface area contributed by atoms with Gasteiger partial charge in [-0.2, -0.15) is 0 Å². The number of benzene rings is 1. The number of halogens is 1. The molecule has 3 heteroatoms. The van der Waals surface area contributed by atoms with Gasteiger partial charge in [0.15, 0.2) is 0 Å². The molecular weight excluding hydrogens is 205 g/mol. The third-order valence-electron chi connectivity index (χ3n) is 2.88. The number of nitrogens with zero attached hydrogens (tertiary/aromatic N) is 1. The standard InChI is InChI=1S/C13H18FNO/c14-8-4-9-15-10-7-13(11-15)16-12-5-2-1-3-6-12/h1-3,5-6,13H,4,7-11H2. The minimum atomic E-state index is -0.222. The Morgan fingerprint density at radius 2 is 2.12 bits per heavy atom. The van der Waals surface area contributed by atoms with Crippen molar-refractivity contribution in [3.63, 3.8) is 0 Å². The summed E-state index contributed by atoms with van der Waals surface area (Å²) in [6.07, 6.45) is 1.95. The van der Waals surface area contributed by atoms with Gasteiger partial charge in [-0.15, -0.1) is 0 Å². The molecule has 1 aliphatic heterocycles. The SMILES string of the molecule is FCCCN1CCC(Oc2ccccc2)C1. The van der Waals surface area contributed by atoms with Gasteiger partial charge in [-0.3, -0.25) is 9.29 Å². The molecule has 1 saturated heterocycles. The van der Waals surface area contributed by atoms with Gasteiger partial charge in [0.1, 0.15) is 11.9 Å². The predicted molar refractivity (Wildman–Crippen MR) is 62.5 cm³/mol. The number of hydrogen-bond acceptors (Lipinski definition) is 2. The van der Waals surface area contributed by atoms with Crippen LogP contribution in [0.1, 0.15) is 12.8 Å². The monoisotopic (exact) mass is 223 g/mol. The Bertz CT molecular complexity index is 304. The summed E-state index contributed by atoms with van der Waals surface area (Å²) in [7, 11) is 0. The number of alkyl halides is 1. The zero-order chi connectivity index (χ0) is 11.2. The van der Waals surface area contributed by atoms with Gasteiger partial charge in [-0.05, 0) is 25.0 Å². The summed E-state index contributed by atoms with van der Waals surface area (Å²) in [6, 6.07) is 9.89. The van der Waals surface area contributed by atoms with E-state index < -0.39 is 0 Å². The fourth-order valence-corrected chi connectivity index (χ4v) is 2.07. The second kappa shape index (κ2) is 5.85. The van der Waals surface area contributed by atoms with E-state index in [9.17, 15) is 4.39 Å². The van der Waals surface area contributed by atoms with Crippen molar-refractivity contribution >= 4 is 0 Å². The fourth-order valence-electron chi connectivity index (χ4n) is 2.07. The average Bonchev–Trinajstić information content (AvgIpc) is 2.75. The van der Waals surface area contributed by atoms with E-state index in [0.717, 1.165) is 31.8 Å². The smallest absolute Gasteiger partial charge is 0.119 e. The molecule has 0 aliphatic carbocycles. The number of hydrogen-bond donors (Lipinski definition) is 0. The Kier molecular flexibility index (Phi) is 4.17. The quantitative estimate of drug-likeness (QED) is 0.760. The van der Waals surface area contributed by atoms with Gasteiger partial charge in [0.05, 0.1) is 6.67 Å². The van der Waals surface area contributed by atoms with Crippen LogP contribution in [0.3, 0.4) is 0 Å². The molecule has 0 aromatic heterocycles. The Morgan fingerprint density at radius 1 is 1.31 bits per heavy atom. The van der Waals surface area contributed by atoms with Crippen molar-refractivity contribution in [2.24, 2.45) is 0 Å². The van der Waals surface area contributed by atoms with E-state index in [1.165, 1.54) is 0 Å². The lowest BCUT2D eigenvalue weighted by molar-refractivity contribution is 0.198. The minimum Gasteiger partial charge on any atom is -0.489 e. The second-order valence-electron chi connectivity index (χ2n) is 4.18. The number of ether oxygens (including phenoxy) is 1. The van der Waals surface area contributed by atoms with Gasteiger partial charge in [-0.1, -0.05) is 18.2 Å². The molecule has 0 radical (unpaired) electrons. The summed E-state index contributed by atoms with van der Waals surface area (Å²) in [4.78, 5) is 2.27. The highest BCUT2D eigenvalue weighted by molar-refractivity contribution is 5.21. The van der Waals surface area contributed by atoms with Gasteiger partial charge in [-0.25, -0.2) is 0 Å². The van der Waals surface area contributed by atoms with E-state index in [0.29, 0.717) is 6.42 Å². The van der Waals surface area contributed by atoms with Crippen molar-refractivity contribution in [2.75, 3.05) is 26.3 Å². The Morgan fingerprint density at radius 3 is 2.88 bits per heavy atom. The van der Waals surface area contributed by atoms with Crippen LogP contribution < -0.4 is 4.74 Å². The van der Waals surface area contributed by atoms with E-state index in [2.05, 4.69) is 4.90 Å². The molecule has 0 saturated carbocycles. The molecule has 1 unspecified atom stereocenters. The van der Waals surface area contributed by atoms with Gasteiger partial charge in [0.2, 0.25) is 0 Å². The van der Waals surface area contributed by atoms with E-state index in [1.54, 1.807) is 0 Å². The average molecular weight is 223 g/mol. The summed E-state index contributed by atoms with van der Waals surface area (Å²) >= 11 is 0. The second-order valence-corrected chi connectivity index (χ2v) is 4.18. The molecule has 1 aliphatic rings. The Balaban J connectivity index is 1.76. The van der Waals surface area contributed by atoms with Crippen LogP contribution in [0.15, 0.2) is 30.3 Å². The van der Waals surface area contributed by atoms with E-state index in [-0.39, 0.29) is 12.8 Å². The lowest BCUT2D eigenvalue weighted by Crippen LogP contribution is -2.26. The molecule has 2 rings (SSSR count). The van der Waals surface area contributed by atoms with Gasteiger partial charge < -0.3 is 4.74 Å². The first kappa shape index (κ1) is 11.4. The zero-order valence-corrected chi connectivity index (χ0v) is 9.44. The maximum Gasteiger partial charge on any atom is 0.119 e. The van der Waals surface area contributed by atoms with Crippen molar-refractivity contribution in [1.29, 1.82) is 0 Å². The van der Waals surface area contributed by atoms with Crippen LogP contribution in [0.5, 0.6) is 5.75 Å². The molecule has 16 heavy (non-hydrogen) atoms. The number of rotatable bonds is 5. The van der Waals surface area contributed by atoms with Crippen LogP contribution in [-0.2, 0) is 0 Å². The van der Waals surface area contributed by atoms with Crippen molar-refractivity contribution in [1.82, 2.24) is 4.90 Å². The summed E-state index contributed by atoms with van der Waals surface area (Å²) in [5.74, 6) is 0.930. The molecule has 1 fully saturated rings. The van der Waals surface area contributed by atoms with Gasteiger partial charge >= 0.3 is 0 Å². The van der Waals surface area contributed by atoms with Crippen LogP contribution in [-0.4, -0.2) is 37.3 Å². The molecule has 2 nitrogen and oxygen atoms in total. The normalized spacial score (nSPS) is 21.2. The van der Waals surface area contributed by atoms with Crippen LogP contribution in [0.25, 0.3) is 0 Å². The predicted octanol–water partition coefficient (Wildman–Crippen LogP) is 2.50. The van der Waals surface area contributed by atoms with Crippen molar-refractivity contribution in [3.05, 3.63) is 30.3 Å². The third kappa shape index (κ3) is 3.20. The first-order valence-electron chi connectivity index (χ1n) is 5.88. The van der Waals surface area contributed by atoms with Crippen molar-refractivity contribution < 1.29 is 9.13 Å². The number of para-hydroxylation sites is 1. The highest BCUT2D eigenvalue weighted by atomic mass is 19.1. The Hall–Kier alpha value is -1.09.